The lowest BCUT2D eigenvalue weighted by Gasteiger charge is -2.42. The zero-order valence-corrected chi connectivity index (χ0v) is 18.5. The topological polar surface area (TPSA) is 93.2 Å². The molecule has 4 aliphatic rings. The van der Waals surface area contributed by atoms with E-state index in [2.05, 4.69) is 17.4 Å². The monoisotopic (exact) mass is 428 g/mol. The van der Waals surface area contributed by atoms with Gasteiger partial charge in [-0.15, -0.1) is 0 Å². The number of fused-ring (bicyclic) bond motifs is 1. The predicted molar refractivity (Wildman–Crippen MR) is 110 cm³/mol. The van der Waals surface area contributed by atoms with E-state index in [1.54, 1.807) is 4.31 Å². The number of carbonyl (C=O) groups excluding carboxylic acids is 1. The van der Waals surface area contributed by atoms with Crippen LogP contribution in [0.1, 0.15) is 39.0 Å². The van der Waals surface area contributed by atoms with E-state index in [0.717, 1.165) is 45.2 Å². The minimum Gasteiger partial charge on any atom is -0.396 e. The first-order chi connectivity index (χ1) is 13.8. The van der Waals surface area contributed by atoms with E-state index in [1.165, 1.54) is 6.26 Å². The molecule has 5 unspecified atom stereocenters. The number of hydrazine groups is 1. The standard InChI is InChI=1S/C20H36N4O4S/c1-14-19(20(26)22-7-3-15(12-22)13-25)18-11-17(6-10-24(18)21-14)16-4-8-23(9-5-16)29(2,27)28/h14-19,21,25H,3-13H2,1-2H3. The molecule has 4 rings (SSSR count). The molecule has 0 aliphatic carbocycles. The molecule has 4 heterocycles. The Morgan fingerprint density at radius 3 is 2.38 bits per heavy atom. The number of rotatable bonds is 4. The van der Waals surface area contributed by atoms with Gasteiger partial charge in [-0.2, -0.15) is 0 Å². The van der Waals surface area contributed by atoms with Gasteiger partial charge in [-0.05, 0) is 50.9 Å². The van der Waals surface area contributed by atoms with Gasteiger partial charge in [-0.25, -0.2) is 17.7 Å². The highest BCUT2D eigenvalue weighted by atomic mass is 32.2. The number of hydrogen-bond donors (Lipinski definition) is 2. The van der Waals surface area contributed by atoms with Gasteiger partial charge in [0.25, 0.3) is 0 Å². The molecule has 0 radical (unpaired) electrons. The quantitative estimate of drug-likeness (QED) is 0.660. The lowest BCUT2D eigenvalue weighted by Crippen LogP contribution is -2.49. The summed E-state index contributed by atoms with van der Waals surface area (Å²) in [6, 6.07) is 0.351. The molecular formula is C20H36N4O4S. The summed E-state index contributed by atoms with van der Waals surface area (Å²) in [6.07, 6.45) is 6.16. The Labute approximate surface area is 174 Å². The number of likely N-dealkylation sites (tertiary alicyclic amines) is 1. The van der Waals surface area contributed by atoms with Gasteiger partial charge in [-0.3, -0.25) is 10.2 Å². The molecule has 29 heavy (non-hydrogen) atoms. The van der Waals surface area contributed by atoms with Gasteiger partial charge in [0.1, 0.15) is 0 Å². The predicted octanol–water partition coefficient (Wildman–Crippen LogP) is 0.102. The minimum absolute atomic E-state index is 0.0358. The number of amides is 1. The Morgan fingerprint density at radius 1 is 1.07 bits per heavy atom. The first-order valence-corrected chi connectivity index (χ1v) is 13.0. The van der Waals surface area contributed by atoms with Crippen molar-refractivity contribution in [3.8, 4) is 0 Å². The van der Waals surface area contributed by atoms with Crippen molar-refractivity contribution in [2.45, 2.75) is 51.1 Å². The van der Waals surface area contributed by atoms with Crippen LogP contribution in [-0.4, -0.2) is 91.3 Å². The fourth-order valence-electron chi connectivity index (χ4n) is 6.08. The molecule has 0 aromatic rings. The molecule has 2 N–H and O–H groups in total. The number of nitrogens with one attached hydrogen (secondary N) is 1. The normalized spacial score (nSPS) is 37.8. The molecule has 0 spiro atoms. The summed E-state index contributed by atoms with van der Waals surface area (Å²) in [5.41, 5.74) is 3.53. The van der Waals surface area contributed by atoms with Gasteiger partial charge < -0.3 is 10.0 Å². The molecule has 0 bridgehead atoms. The van der Waals surface area contributed by atoms with Crippen molar-refractivity contribution in [2.75, 3.05) is 45.6 Å². The van der Waals surface area contributed by atoms with Crippen molar-refractivity contribution in [3.05, 3.63) is 0 Å². The first-order valence-electron chi connectivity index (χ1n) is 11.2. The number of carbonyl (C=O) groups is 1. The summed E-state index contributed by atoms with van der Waals surface area (Å²) in [6.45, 7) is 5.91. The molecule has 1 amide bonds. The number of aliphatic hydroxyl groups is 1. The molecule has 4 fully saturated rings. The zero-order chi connectivity index (χ0) is 20.8. The lowest BCUT2D eigenvalue weighted by molar-refractivity contribution is -0.136. The van der Waals surface area contributed by atoms with E-state index in [-0.39, 0.29) is 36.4 Å². The van der Waals surface area contributed by atoms with Crippen LogP contribution in [0.3, 0.4) is 0 Å². The Morgan fingerprint density at radius 2 is 1.76 bits per heavy atom. The Bertz CT molecular complexity index is 709. The molecule has 166 valence electrons. The lowest BCUT2D eigenvalue weighted by atomic mass is 9.74. The largest absolute Gasteiger partial charge is 0.396 e. The summed E-state index contributed by atoms with van der Waals surface area (Å²) >= 11 is 0. The number of nitrogens with zero attached hydrogens (tertiary/aromatic N) is 3. The first kappa shape index (κ1) is 21.5. The fourth-order valence-corrected chi connectivity index (χ4v) is 6.95. The summed E-state index contributed by atoms with van der Waals surface area (Å²) < 4.78 is 25.2. The maximum atomic E-state index is 13.3. The van der Waals surface area contributed by atoms with E-state index in [9.17, 15) is 18.3 Å². The SMILES string of the molecule is CC1NN2CCC(C3CCN(S(C)(=O)=O)CC3)CC2C1C(=O)N1CCC(CO)C1. The van der Waals surface area contributed by atoms with Crippen LogP contribution in [0.25, 0.3) is 0 Å². The highest BCUT2D eigenvalue weighted by Gasteiger charge is 2.49. The third kappa shape index (κ3) is 4.35. The van der Waals surface area contributed by atoms with Gasteiger partial charge in [0, 0.05) is 57.3 Å². The highest BCUT2D eigenvalue weighted by molar-refractivity contribution is 7.88. The van der Waals surface area contributed by atoms with Crippen molar-refractivity contribution in [1.82, 2.24) is 19.6 Å². The number of piperidine rings is 2. The van der Waals surface area contributed by atoms with Crippen molar-refractivity contribution >= 4 is 15.9 Å². The second-order valence-electron chi connectivity index (χ2n) is 9.61. The Kier molecular flexibility index (Phi) is 6.24. The molecule has 0 saturated carbocycles. The molecule has 0 aromatic heterocycles. The average molecular weight is 429 g/mol. The molecule has 0 aromatic carbocycles. The van der Waals surface area contributed by atoms with Crippen LogP contribution in [0.4, 0.5) is 0 Å². The smallest absolute Gasteiger partial charge is 0.228 e. The third-order valence-electron chi connectivity index (χ3n) is 7.78. The van der Waals surface area contributed by atoms with E-state index in [4.69, 9.17) is 0 Å². The van der Waals surface area contributed by atoms with Crippen LogP contribution in [0.5, 0.6) is 0 Å². The Hall–Kier alpha value is -0.740. The van der Waals surface area contributed by atoms with Gasteiger partial charge in [0.2, 0.25) is 15.9 Å². The second kappa shape index (κ2) is 8.42. The van der Waals surface area contributed by atoms with E-state index >= 15 is 0 Å². The fraction of sp³-hybridized carbons (Fsp3) is 0.950. The third-order valence-corrected chi connectivity index (χ3v) is 9.09. The van der Waals surface area contributed by atoms with Crippen LogP contribution in [0.15, 0.2) is 0 Å². The second-order valence-corrected chi connectivity index (χ2v) is 11.6. The van der Waals surface area contributed by atoms with Crippen LogP contribution >= 0.6 is 0 Å². The molecule has 8 nitrogen and oxygen atoms in total. The maximum absolute atomic E-state index is 13.3. The molecule has 5 atom stereocenters. The minimum atomic E-state index is -3.09. The van der Waals surface area contributed by atoms with Crippen molar-refractivity contribution in [3.63, 3.8) is 0 Å². The maximum Gasteiger partial charge on any atom is 0.228 e. The van der Waals surface area contributed by atoms with Crippen LogP contribution in [-0.2, 0) is 14.8 Å². The van der Waals surface area contributed by atoms with Gasteiger partial charge in [0.15, 0.2) is 0 Å². The van der Waals surface area contributed by atoms with Crippen molar-refractivity contribution in [1.29, 1.82) is 0 Å². The van der Waals surface area contributed by atoms with Crippen molar-refractivity contribution in [2.24, 2.45) is 23.7 Å². The van der Waals surface area contributed by atoms with E-state index < -0.39 is 10.0 Å². The summed E-state index contributed by atoms with van der Waals surface area (Å²) in [7, 11) is -3.09. The molecule has 4 saturated heterocycles. The van der Waals surface area contributed by atoms with Crippen LogP contribution < -0.4 is 5.43 Å². The van der Waals surface area contributed by atoms with Gasteiger partial charge in [0.05, 0.1) is 12.2 Å². The summed E-state index contributed by atoms with van der Waals surface area (Å²) in [5, 5.41) is 11.7. The average Bonchev–Trinajstić information content (AvgIpc) is 3.30. The molecule has 9 heteroatoms. The van der Waals surface area contributed by atoms with E-state index in [1.807, 2.05) is 4.90 Å². The molecule has 4 aliphatic heterocycles. The summed E-state index contributed by atoms with van der Waals surface area (Å²) in [5.74, 6) is 1.53. The highest BCUT2D eigenvalue weighted by Crippen LogP contribution is 2.40. The zero-order valence-electron chi connectivity index (χ0n) is 17.7. The number of aliphatic hydroxyl groups excluding tert-OH is 1. The number of sulfonamides is 1. The van der Waals surface area contributed by atoms with Crippen molar-refractivity contribution < 1.29 is 18.3 Å². The Balaban J connectivity index is 1.39. The van der Waals surface area contributed by atoms with Gasteiger partial charge in [-0.1, -0.05) is 0 Å². The number of hydrogen-bond acceptors (Lipinski definition) is 6. The van der Waals surface area contributed by atoms with Crippen LogP contribution in [0.2, 0.25) is 0 Å². The van der Waals surface area contributed by atoms with Gasteiger partial charge >= 0.3 is 0 Å². The summed E-state index contributed by atoms with van der Waals surface area (Å²) in [4.78, 5) is 15.3. The van der Waals surface area contributed by atoms with Crippen LogP contribution in [0, 0.1) is 23.7 Å². The van der Waals surface area contributed by atoms with E-state index in [0.29, 0.717) is 31.5 Å². The molecular weight excluding hydrogens is 392 g/mol.